The van der Waals surface area contributed by atoms with Crippen LogP contribution in [0.25, 0.3) is 0 Å². The van der Waals surface area contributed by atoms with Crippen molar-refractivity contribution in [2.75, 3.05) is 18.1 Å². The summed E-state index contributed by atoms with van der Waals surface area (Å²) in [6.07, 6.45) is -0.0760. The van der Waals surface area contributed by atoms with Crippen LogP contribution in [-0.4, -0.2) is 35.7 Å². The zero-order valence-electron chi connectivity index (χ0n) is 14.8. The molecule has 1 aliphatic heterocycles. The quantitative estimate of drug-likeness (QED) is 0.295. The highest BCUT2D eigenvalue weighted by Gasteiger charge is 2.37. The van der Waals surface area contributed by atoms with Crippen molar-refractivity contribution < 1.29 is 24.0 Å². The summed E-state index contributed by atoms with van der Waals surface area (Å²) >= 11 is 12.1. The lowest BCUT2D eigenvalue weighted by Gasteiger charge is -2.18. The Balaban J connectivity index is 1.60. The molecule has 1 aliphatic rings. The SMILES string of the molecule is O=C(COC(=O)[C@H]1CC(=O)N(c2cccc(Cl)c2Cl)C1)c1ccc([N+](=O)[O-])cc1. The van der Waals surface area contributed by atoms with E-state index in [1.165, 1.54) is 29.2 Å². The maximum Gasteiger partial charge on any atom is 0.311 e. The Hall–Kier alpha value is -2.97. The van der Waals surface area contributed by atoms with E-state index in [2.05, 4.69) is 0 Å². The third kappa shape index (κ3) is 4.55. The van der Waals surface area contributed by atoms with Crippen LogP contribution >= 0.6 is 23.2 Å². The number of nitro benzene ring substituents is 1. The minimum atomic E-state index is -0.748. The molecule has 3 rings (SSSR count). The molecule has 1 atom stereocenters. The number of non-ortho nitro benzene ring substituents is 1. The highest BCUT2D eigenvalue weighted by molar-refractivity contribution is 6.44. The van der Waals surface area contributed by atoms with Gasteiger partial charge in [0, 0.05) is 30.7 Å². The predicted octanol–water partition coefficient (Wildman–Crippen LogP) is 3.68. The van der Waals surface area contributed by atoms with E-state index in [0.717, 1.165) is 0 Å². The second-order valence-electron chi connectivity index (χ2n) is 6.31. The Morgan fingerprint density at radius 2 is 1.86 bits per heavy atom. The molecule has 0 aliphatic carbocycles. The van der Waals surface area contributed by atoms with E-state index in [9.17, 15) is 24.5 Å². The number of carbonyl (C=O) groups is 3. The number of Topliss-reactive ketones (excluding diaryl/α,β-unsaturated/α-hetero) is 1. The predicted molar refractivity (Wildman–Crippen MR) is 105 cm³/mol. The van der Waals surface area contributed by atoms with Gasteiger partial charge in [-0.25, -0.2) is 0 Å². The smallest absolute Gasteiger partial charge is 0.311 e. The molecule has 0 N–H and O–H groups in total. The molecule has 1 fully saturated rings. The lowest BCUT2D eigenvalue weighted by molar-refractivity contribution is -0.384. The molecule has 1 saturated heterocycles. The van der Waals surface area contributed by atoms with E-state index in [1.807, 2.05) is 0 Å². The number of ketones is 1. The summed E-state index contributed by atoms with van der Waals surface area (Å²) in [5.41, 5.74) is 0.433. The lowest BCUT2D eigenvalue weighted by Crippen LogP contribution is -2.27. The van der Waals surface area contributed by atoms with Crippen molar-refractivity contribution in [1.82, 2.24) is 0 Å². The Bertz CT molecular complexity index is 993. The number of hydrogen-bond acceptors (Lipinski definition) is 6. The fourth-order valence-corrected chi connectivity index (χ4v) is 3.30. The molecule has 0 unspecified atom stereocenters. The van der Waals surface area contributed by atoms with Gasteiger partial charge in [-0.15, -0.1) is 0 Å². The first-order valence-corrected chi connectivity index (χ1v) is 9.22. The molecule has 0 bridgehead atoms. The van der Waals surface area contributed by atoms with Gasteiger partial charge in [-0.1, -0.05) is 29.3 Å². The first-order valence-electron chi connectivity index (χ1n) is 8.46. The first-order chi connectivity index (χ1) is 13.8. The third-order valence-corrected chi connectivity index (χ3v) is 5.23. The number of nitrogens with zero attached hydrogens (tertiary/aromatic N) is 2. The molecule has 10 heteroatoms. The Morgan fingerprint density at radius 1 is 1.17 bits per heavy atom. The van der Waals surface area contributed by atoms with Crippen molar-refractivity contribution in [2.24, 2.45) is 5.92 Å². The molecule has 0 aromatic heterocycles. The van der Waals surface area contributed by atoms with E-state index in [1.54, 1.807) is 18.2 Å². The van der Waals surface area contributed by atoms with Crippen LogP contribution in [0.5, 0.6) is 0 Å². The van der Waals surface area contributed by atoms with Gasteiger partial charge in [0.1, 0.15) is 0 Å². The summed E-state index contributed by atoms with van der Waals surface area (Å²) in [6.45, 7) is -0.470. The van der Waals surface area contributed by atoms with Gasteiger partial charge < -0.3 is 9.64 Å². The summed E-state index contributed by atoms with van der Waals surface area (Å²) in [4.78, 5) is 48.1. The zero-order valence-corrected chi connectivity index (χ0v) is 16.4. The highest BCUT2D eigenvalue weighted by atomic mass is 35.5. The number of amides is 1. The Morgan fingerprint density at radius 3 is 2.52 bits per heavy atom. The molecule has 0 radical (unpaired) electrons. The van der Waals surface area contributed by atoms with Crippen molar-refractivity contribution in [2.45, 2.75) is 6.42 Å². The fourth-order valence-electron chi connectivity index (χ4n) is 2.91. The van der Waals surface area contributed by atoms with Crippen molar-refractivity contribution >= 4 is 52.2 Å². The number of benzene rings is 2. The van der Waals surface area contributed by atoms with Gasteiger partial charge in [0.25, 0.3) is 5.69 Å². The molecule has 150 valence electrons. The van der Waals surface area contributed by atoms with Gasteiger partial charge in [-0.2, -0.15) is 0 Å². The van der Waals surface area contributed by atoms with Crippen LogP contribution in [0, 0.1) is 16.0 Å². The molecular formula is C19H14Cl2N2O6. The van der Waals surface area contributed by atoms with Crippen molar-refractivity contribution in [3.05, 3.63) is 68.2 Å². The summed E-state index contributed by atoms with van der Waals surface area (Å²) in [5, 5.41) is 11.1. The van der Waals surface area contributed by atoms with Gasteiger partial charge in [0.15, 0.2) is 12.4 Å². The molecule has 0 spiro atoms. The monoisotopic (exact) mass is 436 g/mol. The molecule has 8 nitrogen and oxygen atoms in total. The number of esters is 1. The van der Waals surface area contributed by atoms with Gasteiger partial charge in [-0.3, -0.25) is 24.5 Å². The average Bonchev–Trinajstić information content (AvgIpc) is 3.09. The van der Waals surface area contributed by atoms with Crippen molar-refractivity contribution in [3.63, 3.8) is 0 Å². The van der Waals surface area contributed by atoms with Crippen LogP contribution in [0.15, 0.2) is 42.5 Å². The van der Waals surface area contributed by atoms with Gasteiger partial charge in [0.05, 0.1) is 26.6 Å². The fraction of sp³-hybridized carbons (Fsp3) is 0.211. The van der Waals surface area contributed by atoms with E-state index < -0.39 is 29.2 Å². The topological polar surface area (TPSA) is 107 Å². The van der Waals surface area contributed by atoms with E-state index in [-0.39, 0.29) is 40.2 Å². The number of rotatable bonds is 6. The maximum atomic E-state index is 12.3. The molecule has 29 heavy (non-hydrogen) atoms. The lowest BCUT2D eigenvalue weighted by atomic mass is 10.1. The van der Waals surface area contributed by atoms with Crippen LogP contribution < -0.4 is 4.90 Å². The summed E-state index contributed by atoms with van der Waals surface area (Å²) in [6, 6.07) is 9.81. The van der Waals surface area contributed by atoms with Crippen LogP contribution in [-0.2, 0) is 14.3 Å². The number of halogens is 2. The van der Waals surface area contributed by atoms with E-state index in [0.29, 0.717) is 5.69 Å². The normalized spacial score (nSPS) is 16.0. The molecular weight excluding hydrogens is 423 g/mol. The second kappa shape index (κ2) is 8.59. The van der Waals surface area contributed by atoms with E-state index in [4.69, 9.17) is 27.9 Å². The Labute approximate surface area is 175 Å². The number of nitro groups is 1. The summed E-state index contributed by atoms with van der Waals surface area (Å²) < 4.78 is 5.05. The second-order valence-corrected chi connectivity index (χ2v) is 7.10. The minimum absolute atomic E-state index is 0.0590. The largest absolute Gasteiger partial charge is 0.457 e. The standard InChI is InChI=1S/C19H14Cl2N2O6/c20-14-2-1-3-15(18(14)21)22-9-12(8-17(22)25)19(26)29-10-16(24)11-4-6-13(7-5-11)23(27)28/h1-7,12H,8-10H2/t12-/m0/s1. The number of carbonyl (C=O) groups excluding carboxylic acids is 3. The Kier molecular flexibility index (Phi) is 6.14. The van der Waals surface area contributed by atoms with Gasteiger partial charge in [-0.05, 0) is 24.3 Å². The third-order valence-electron chi connectivity index (χ3n) is 4.43. The molecule has 1 amide bonds. The summed E-state index contributed by atoms with van der Waals surface area (Å²) in [7, 11) is 0. The van der Waals surface area contributed by atoms with Crippen molar-refractivity contribution in [1.29, 1.82) is 0 Å². The maximum absolute atomic E-state index is 12.3. The summed E-state index contributed by atoms with van der Waals surface area (Å²) in [5.74, 6) is -2.25. The average molecular weight is 437 g/mol. The number of anilines is 1. The van der Waals surface area contributed by atoms with Gasteiger partial charge >= 0.3 is 5.97 Å². The van der Waals surface area contributed by atoms with Crippen LogP contribution in [0.4, 0.5) is 11.4 Å². The van der Waals surface area contributed by atoms with Gasteiger partial charge in [0.2, 0.25) is 5.91 Å². The van der Waals surface area contributed by atoms with E-state index >= 15 is 0 Å². The highest BCUT2D eigenvalue weighted by Crippen LogP contribution is 2.35. The minimum Gasteiger partial charge on any atom is -0.457 e. The number of hydrogen-bond donors (Lipinski definition) is 0. The van der Waals surface area contributed by atoms with Crippen LogP contribution in [0.2, 0.25) is 10.0 Å². The van der Waals surface area contributed by atoms with Crippen molar-refractivity contribution in [3.8, 4) is 0 Å². The molecule has 1 heterocycles. The zero-order chi connectivity index (χ0) is 21.1. The first kappa shape index (κ1) is 20.8. The number of ether oxygens (including phenoxy) is 1. The molecule has 0 saturated carbocycles. The molecule has 2 aromatic carbocycles. The van der Waals surface area contributed by atoms with Crippen LogP contribution in [0.3, 0.4) is 0 Å². The van der Waals surface area contributed by atoms with Crippen LogP contribution in [0.1, 0.15) is 16.8 Å². The molecule has 2 aromatic rings.